The Labute approximate surface area is 636 Å². The molecule has 1 aliphatic rings. The van der Waals surface area contributed by atoms with Gasteiger partial charge in [-0.3, -0.25) is 4.70 Å². The normalized spacial score (nSPS) is 13.8. The molecule has 0 bridgehead atoms. The summed E-state index contributed by atoms with van der Waals surface area (Å²) in [6, 6.07) is 105. The quantitative estimate of drug-likeness (QED) is 0.111. The summed E-state index contributed by atoms with van der Waals surface area (Å²) in [5.41, 5.74) is 16.0. The first-order chi connectivity index (χ1) is 50.5. The molecule has 1 saturated heterocycles. The first-order valence-corrected chi connectivity index (χ1v) is 38.5. The van der Waals surface area contributed by atoms with Crippen molar-refractivity contribution < 1.29 is 30.8 Å². The summed E-state index contributed by atoms with van der Waals surface area (Å²) < 4.78 is 75.9. The lowest BCUT2D eigenvalue weighted by atomic mass is 9.78. The number of fused-ring (bicyclic) bond motifs is 18. The van der Waals surface area contributed by atoms with Gasteiger partial charge >= 0.3 is 7.12 Å². The fourth-order valence-electron chi connectivity index (χ4n) is 15.9. The monoisotopic (exact) mass is 1600 g/mol. The number of aromatic nitrogens is 4. The molecular formula is C90H66BBrFIN4O6S2. The molecule has 1 fully saturated rings. The second kappa shape index (κ2) is 25.8. The summed E-state index contributed by atoms with van der Waals surface area (Å²) in [6.45, 7) is 8.38. The van der Waals surface area contributed by atoms with Crippen LogP contribution in [-0.2, 0) is 29.0 Å². The Morgan fingerprint density at radius 2 is 0.585 bits per heavy atom. The summed E-state index contributed by atoms with van der Waals surface area (Å²) in [4.78, 5) is 1.11. The molecule has 0 radical (unpaired) electrons. The van der Waals surface area contributed by atoms with Crippen LogP contribution in [0.25, 0.3) is 142 Å². The third kappa shape index (κ3) is 10.7. The Bertz CT molecular complexity index is 6980. The maximum absolute atomic E-state index is 13.8. The van der Waals surface area contributed by atoms with Gasteiger partial charge in [0.1, 0.15) is 0 Å². The highest BCUT2D eigenvalue weighted by molar-refractivity contribution is 14.0. The number of sulfone groups is 2. The van der Waals surface area contributed by atoms with Gasteiger partial charge in [-0.1, -0.05) is 192 Å². The third-order valence-electron chi connectivity index (χ3n) is 21.6. The van der Waals surface area contributed by atoms with Crippen molar-refractivity contribution in [3.63, 3.8) is 0 Å². The van der Waals surface area contributed by atoms with E-state index in [1.807, 2.05) is 84.9 Å². The highest BCUT2D eigenvalue weighted by Gasteiger charge is 2.52. The number of rotatable bonds is 8. The Morgan fingerprint density at radius 3 is 0.972 bits per heavy atom. The highest BCUT2D eigenvalue weighted by atomic mass is 127. The molecule has 1 aliphatic heterocycles. The van der Waals surface area contributed by atoms with Crippen LogP contribution in [0.5, 0.6) is 0 Å². The Kier molecular flexibility index (Phi) is 16.7. The zero-order chi connectivity index (χ0) is 70.5. The van der Waals surface area contributed by atoms with Crippen LogP contribution in [0.3, 0.4) is 0 Å². The van der Waals surface area contributed by atoms with Gasteiger partial charge in [0.25, 0.3) is 0 Å². The van der Waals surface area contributed by atoms with Crippen LogP contribution in [0.15, 0.2) is 340 Å². The molecule has 10 nitrogen and oxygen atoms in total. The van der Waals surface area contributed by atoms with Gasteiger partial charge in [0.05, 0.1) is 86.0 Å². The molecular weight excluding hydrogens is 1530 g/mol. The number of benzene rings is 14. The first-order valence-electron chi connectivity index (χ1n) is 34.7. The van der Waals surface area contributed by atoms with Gasteiger partial charge in [-0.2, -0.15) is 0 Å². The summed E-state index contributed by atoms with van der Waals surface area (Å²) in [5, 5.41) is 14.8. The second-order valence-electron chi connectivity index (χ2n) is 27.9. The van der Waals surface area contributed by atoms with Crippen LogP contribution in [0.1, 0.15) is 27.7 Å². The van der Waals surface area contributed by atoms with Gasteiger partial charge in [-0.15, -0.1) is 24.0 Å². The average Bonchev–Trinajstić information content (AvgIpc) is 1.55. The van der Waals surface area contributed by atoms with Crippen molar-refractivity contribution in [3.8, 4) is 22.5 Å². The van der Waals surface area contributed by atoms with Gasteiger partial charge in [0, 0.05) is 80.5 Å². The van der Waals surface area contributed by atoms with Crippen LogP contribution < -0.4 is 5.46 Å². The van der Waals surface area contributed by atoms with Gasteiger partial charge in [-0.05, 0) is 184 Å². The smallest absolute Gasteiger partial charge is 0.399 e. The molecule has 0 amide bonds. The molecule has 0 atom stereocenters. The molecule has 14 aromatic carbocycles. The molecule has 0 saturated carbocycles. The molecule has 518 valence electrons. The molecule has 0 unspecified atom stereocenters. The van der Waals surface area contributed by atoms with E-state index in [4.69, 9.17) is 9.31 Å². The van der Waals surface area contributed by atoms with Gasteiger partial charge in [0.15, 0.2) is 0 Å². The SMILES string of the molecule is CC1(C)OB(c2ccc3c(c2)c2cccc4c5ccccc5n3c42)OC1(C)C.F.I.O=S(=O)(c1ccc(-c2ccc3c(c2)c2cccc4c5ccccc5n3c42)cc1)c1ccc(-n2c3ccccc3c3ccccc32)cc1.O=S(=O)(c1ccc(Br)cc1)c1ccc(-n2c3ccccc3c3ccccc32)cc1. The summed E-state index contributed by atoms with van der Waals surface area (Å²) in [6.07, 6.45) is 0. The third-order valence-corrected chi connectivity index (χ3v) is 25.7. The second-order valence-corrected chi connectivity index (χ2v) is 32.7. The van der Waals surface area contributed by atoms with Crippen molar-refractivity contribution in [3.05, 3.63) is 320 Å². The molecule has 106 heavy (non-hydrogen) atoms. The maximum atomic E-state index is 13.8. The molecule has 0 N–H and O–H groups in total. The van der Waals surface area contributed by atoms with Crippen LogP contribution >= 0.6 is 39.9 Å². The van der Waals surface area contributed by atoms with Crippen molar-refractivity contribution in [1.82, 2.24) is 17.9 Å². The van der Waals surface area contributed by atoms with E-state index in [-0.39, 0.29) is 66.6 Å². The lowest BCUT2D eigenvalue weighted by Gasteiger charge is -2.32. The van der Waals surface area contributed by atoms with Crippen LogP contribution in [0.2, 0.25) is 0 Å². The minimum absolute atomic E-state index is 0. The van der Waals surface area contributed by atoms with Gasteiger partial charge in [-0.25, -0.2) is 16.8 Å². The highest BCUT2D eigenvalue weighted by Crippen LogP contribution is 2.44. The van der Waals surface area contributed by atoms with E-state index in [2.05, 4.69) is 231 Å². The molecule has 16 heteroatoms. The lowest BCUT2D eigenvalue weighted by Crippen LogP contribution is -2.41. The predicted molar refractivity (Wildman–Crippen MR) is 448 cm³/mol. The van der Waals surface area contributed by atoms with Crippen molar-refractivity contribution in [1.29, 1.82) is 0 Å². The van der Waals surface area contributed by atoms with Gasteiger partial charge < -0.3 is 27.2 Å². The molecule has 0 spiro atoms. The Balaban J connectivity index is 0.000000122. The number of hydrogen-bond acceptors (Lipinski definition) is 6. The van der Waals surface area contributed by atoms with E-state index in [1.54, 1.807) is 60.7 Å². The van der Waals surface area contributed by atoms with Crippen molar-refractivity contribution in [2.24, 2.45) is 0 Å². The number of nitrogens with zero attached hydrogens (tertiary/aromatic N) is 4. The molecule has 21 rings (SSSR count). The molecule has 20 aromatic rings. The van der Waals surface area contributed by atoms with E-state index in [9.17, 15) is 16.8 Å². The number of hydrogen-bond donors (Lipinski definition) is 0. The number of halogens is 3. The Morgan fingerprint density at radius 1 is 0.302 bits per heavy atom. The van der Waals surface area contributed by atoms with Crippen LogP contribution in [0, 0.1) is 0 Å². The van der Waals surface area contributed by atoms with Crippen molar-refractivity contribution in [2.45, 2.75) is 58.5 Å². The molecule has 6 aromatic heterocycles. The number of para-hydroxylation sites is 8. The van der Waals surface area contributed by atoms with Crippen LogP contribution in [-0.4, -0.2) is 53.1 Å². The minimum atomic E-state index is -3.71. The average molecular weight is 1600 g/mol. The van der Waals surface area contributed by atoms with E-state index in [0.29, 0.717) is 0 Å². The first kappa shape index (κ1) is 68.4. The largest absolute Gasteiger partial charge is 0.494 e. The van der Waals surface area contributed by atoms with E-state index in [1.165, 1.54) is 97.7 Å². The molecule has 7 heterocycles. The fourth-order valence-corrected chi connectivity index (χ4v) is 18.6. The van der Waals surface area contributed by atoms with Gasteiger partial charge in [0.2, 0.25) is 19.7 Å². The zero-order valence-corrected chi connectivity index (χ0v) is 63.4. The minimum Gasteiger partial charge on any atom is -0.399 e. The predicted octanol–water partition coefficient (Wildman–Crippen LogP) is 22.7. The van der Waals surface area contributed by atoms with Crippen LogP contribution in [0.4, 0.5) is 4.70 Å². The summed E-state index contributed by atoms with van der Waals surface area (Å²) in [7, 11) is -7.60. The standard InChI is InChI=1S/C42H26N2O2S.C24H22BNO2.C24H16BrNO2S.FH.HI/c45-47(46,31-23-19-29(20-24-31)43-38-13-4-1-8-32(38)33-9-2-5-14-39(33)43)30-21-16-27(17-22-30)28-18-25-41-37(26-28)36-12-7-11-35-34-10-3-6-15-40(34)44(41)42(35)36;1-23(2)24(3,4)28-25(27-23)15-12-13-21-19(14-15)18-10-7-9-17-16-8-5-6-11-20(16)26(21)22(17)18;25-17-9-13-19(14-10-17)29(27,28)20-15-11-18(12-16-20)26-23-7-3-1-5-21(23)22-6-2-4-8-24(22)26;;/h1-26H;5-14H,1-4H3;1-16H;2*1H. The summed E-state index contributed by atoms with van der Waals surface area (Å²) in [5.74, 6) is 0. The lowest BCUT2D eigenvalue weighted by molar-refractivity contribution is 0.00578. The van der Waals surface area contributed by atoms with E-state index < -0.39 is 19.7 Å². The summed E-state index contributed by atoms with van der Waals surface area (Å²) >= 11 is 3.34. The van der Waals surface area contributed by atoms with E-state index >= 15 is 0 Å². The maximum Gasteiger partial charge on any atom is 0.494 e. The zero-order valence-electron chi connectivity index (χ0n) is 57.8. The Hall–Kier alpha value is -10.7. The van der Waals surface area contributed by atoms with Crippen molar-refractivity contribution >= 4 is 192 Å². The molecule has 0 aliphatic carbocycles. The fraction of sp³-hybridized carbons (Fsp3) is 0.0667. The topological polar surface area (TPSA) is 105 Å². The van der Waals surface area contributed by atoms with Crippen molar-refractivity contribution in [2.75, 3.05) is 0 Å². The van der Waals surface area contributed by atoms with E-state index in [0.717, 1.165) is 54.5 Å².